The van der Waals surface area contributed by atoms with Gasteiger partial charge >= 0.3 is 5.97 Å². The number of benzene rings is 1. The molecule has 6 nitrogen and oxygen atoms in total. The first-order valence-electron chi connectivity index (χ1n) is 8.10. The van der Waals surface area contributed by atoms with E-state index in [1.807, 2.05) is 12.1 Å². The van der Waals surface area contributed by atoms with Gasteiger partial charge in [0.15, 0.2) is 11.5 Å². The Balaban J connectivity index is 1.55. The van der Waals surface area contributed by atoms with Gasteiger partial charge in [-0.1, -0.05) is 18.2 Å². The van der Waals surface area contributed by atoms with Gasteiger partial charge in [0, 0.05) is 30.2 Å². The number of carboxylic acids is 1. The van der Waals surface area contributed by atoms with Crippen LogP contribution in [0.2, 0.25) is 0 Å². The Bertz CT molecular complexity index is 839. The number of fused-ring (bicyclic) bond motifs is 1. The molecule has 122 valence electrons. The van der Waals surface area contributed by atoms with Crippen molar-refractivity contribution in [3.8, 4) is 0 Å². The van der Waals surface area contributed by atoms with Gasteiger partial charge in [0.2, 0.25) is 0 Å². The van der Waals surface area contributed by atoms with Crippen molar-refractivity contribution in [1.29, 1.82) is 0 Å². The molecule has 0 radical (unpaired) electrons. The average Bonchev–Trinajstić information content (AvgIpc) is 3.06. The first-order chi connectivity index (χ1) is 11.7. The van der Waals surface area contributed by atoms with Crippen LogP contribution in [-0.2, 0) is 0 Å². The molecule has 1 saturated heterocycles. The van der Waals surface area contributed by atoms with Crippen molar-refractivity contribution >= 4 is 22.7 Å². The Morgan fingerprint density at radius 1 is 1.21 bits per heavy atom. The van der Waals surface area contributed by atoms with Crippen molar-refractivity contribution in [3.05, 3.63) is 53.9 Å². The molecule has 4 rings (SSSR count). The molecule has 2 aromatic heterocycles. The number of hydrogen-bond acceptors (Lipinski definition) is 4. The summed E-state index contributed by atoms with van der Waals surface area (Å²) in [7, 11) is 0. The zero-order valence-electron chi connectivity index (χ0n) is 13.1. The standard InChI is InChI=1S/C18H18N4O2/c23-18(24)15-7-8-17(21-20-15)22-9-3-5-13(11-22)16-10-12-4-1-2-6-14(12)19-16/h1-2,4,6-8,10,13,19H,3,5,9,11H2,(H,23,24). The van der Waals surface area contributed by atoms with Gasteiger partial charge in [-0.2, -0.15) is 0 Å². The van der Waals surface area contributed by atoms with Crippen molar-refractivity contribution in [2.24, 2.45) is 0 Å². The summed E-state index contributed by atoms with van der Waals surface area (Å²) < 4.78 is 0. The fourth-order valence-corrected chi connectivity index (χ4v) is 3.36. The number of nitrogens with zero attached hydrogens (tertiary/aromatic N) is 3. The number of carbonyl (C=O) groups is 1. The van der Waals surface area contributed by atoms with Crippen molar-refractivity contribution < 1.29 is 9.90 Å². The lowest BCUT2D eigenvalue weighted by molar-refractivity contribution is 0.0689. The Morgan fingerprint density at radius 3 is 2.83 bits per heavy atom. The largest absolute Gasteiger partial charge is 0.476 e. The third-order valence-electron chi connectivity index (χ3n) is 4.61. The molecular weight excluding hydrogens is 304 g/mol. The number of aromatic amines is 1. The summed E-state index contributed by atoms with van der Waals surface area (Å²) in [6.07, 6.45) is 2.20. The Kier molecular flexibility index (Phi) is 3.65. The van der Waals surface area contributed by atoms with Crippen LogP contribution in [0.3, 0.4) is 0 Å². The van der Waals surface area contributed by atoms with Gasteiger partial charge in [-0.15, -0.1) is 10.2 Å². The van der Waals surface area contributed by atoms with Crippen LogP contribution in [0.5, 0.6) is 0 Å². The third-order valence-corrected chi connectivity index (χ3v) is 4.61. The number of aromatic carboxylic acids is 1. The SMILES string of the molecule is O=C(O)c1ccc(N2CCCC(c3cc4ccccc4[nH]3)C2)nn1. The van der Waals surface area contributed by atoms with Gasteiger partial charge in [0.25, 0.3) is 0 Å². The van der Waals surface area contributed by atoms with E-state index >= 15 is 0 Å². The number of anilines is 1. The minimum absolute atomic E-state index is 0.0251. The summed E-state index contributed by atoms with van der Waals surface area (Å²) in [6, 6.07) is 13.8. The summed E-state index contributed by atoms with van der Waals surface area (Å²) in [4.78, 5) is 16.6. The van der Waals surface area contributed by atoms with Gasteiger partial charge in [-0.25, -0.2) is 4.79 Å². The minimum Gasteiger partial charge on any atom is -0.476 e. The molecule has 0 saturated carbocycles. The molecule has 6 heteroatoms. The molecule has 0 spiro atoms. The molecule has 1 aromatic carbocycles. The van der Waals surface area contributed by atoms with E-state index in [2.05, 4.69) is 38.3 Å². The van der Waals surface area contributed by atoms with E-state index in [4.69, 9.17) is 5.11 Å². The fraction of sp³-hybridized carbons (Fsp3) is 0.278. The van der Waals surface area contributed by atoms with Crippen molar-refractivity contribution in [2.75, 3.05) is 18.0 Å². The van der Waals surface area contributed by atoms with Crippen LogP contribution in [-0.4, -0.2) is 39.3 Å². The normalized spacial score (nSPS) is 18.0. The van der Waals surface area contributed by atoms with Crippen LogP contribution in [0.1, 0.15) is 34.9 Å². The summed E-state index contributed by atoms with van der Waals surface area (Å²) in [5.41, 5.74) is 2.38. The van der Waals surface area contributed by atoms with Gasteiger partial charge in [0.05, 0.1) is 0 Å². The predicted molar refractivity (Wildman–Crippen MR) is 91.5 cm³/mol. The molecule has 1 aliphatic heterocycles. The second-order valence-corrected chi connectivity index (χ2v) is 6.18. The van der Waals surface area contributed by atoms with Crippen LogP contribution in [0.15, 0.2) is 42.5 Å². The monoisotopic (exact) mass is 322 g/mol. The van der Waals surface area contributed by atoms with Crippen LogP contribution in [0.4, 0.5) is 5.82 Å². The third kappa shape index (κ3) is 2.71. The fourth-order valence-electron chi connectivity index (χ4n) is 3.36. The lowest BCUT2D eigenvalue weighted by Crippen LogP contribution is -2.35. The number of hydrogen-bond donors (Lipinski definition) is 2. The van der Waals surface area contributed by atoms with E-state index in [9.17, 15) is 4.79 Å². The van der Waals surface area contributed by atoms with E-state index in [0.717, 1.165) is 37.3 Å². The first-order valence-corrected chi connectivity index (χ1v) is 8.10. The molecule has 0 aliphatic carbocycles. The smallest absolute Gasteiger partial charge is 0.356 e. The molecule has 1 fully saturated rings. The van der Waals surface area contributed by atoms with Crippen molar-refractivity contribution in [2.45, 2.75) is 18.8 Å². The number of para-hydroxylation sites is 1. The van der Waals surface area contributed by atoms with Gasteiger partial charge < -0.3 is 15.0 Å². The van der Waals surface area contributed by atoms with Crippen LogP contribution in [0.25, 0.3) is 10.9 Å². The second kappa shape index (κ2) is 5.96. The number of aromatic nitrogens is 3. The zero-order valence-corrected chi connectivity index (χ0v) is 13.1. The summed E-state index contributed by atoms with van der Waals surface area (Å²) in [5, 5.41) is 18.0. The number of nitrogens with one attached hydrogen (secondary N) is 1. The summed E-state index contributed by atoms with van der Waals surface area (Å²) >= 11 is 0. The lowest BCUT2D eigenvalue weighted by atomic mass is 9.95. The Labute approximate surface area is 139 Å². The highest BCUT2D eigenvalue weighted by Crippen LogP contribution is 2.30. The summed E-state index contributed by atoms with van der Waals surface area (Å²) in [5.74, 6) is 0.0940. The molecule has 0 amide bonds. The highest BCUT2D eigenvalue weighted by molar-refractivity contribution is 5.85. The quantitative estimate of drug-likeness (QED) is 0.774. The molecule has 0 bridgehead atoms. The summed E-state index contributed by atoms with van der Waals surface area (Å²) in [6.45, 7) is 1.77. The molecule has 3 aromatic rings. The van der Waals surface area contributed by atoms with E-state index in [-0.39, 0.29) is 5.69 Å². The molecule has 1 unspecified atom stereocenters. The van der Waals surface area contributed by atoms with Crippen LogP contribution < -0.4 is 4.90 Å². The van der Waals surface area contributed by atoms with Crippen LogP contribution in [0, 0.1) is 0 Å². The number of carboxylic acid groups (broad SMARTS) is 1. The molecule has 1 aliphatic rings. The zero-order chi connectivity index (χ0) is 16.5. The van der Waals surface area contributed by atoms with E-state index in [0.29, 0.717) is 5.92 Å². The number of H-pyrrole nitrogens is 1. The number of piperidine rings is 1. The average molecular weight is 322 g/mol. The molecular formula is C18H18N4O2. The highest BCUT2D eigenvalue weighted by atomic mass is 16.4. The molecule has 24 heavy (non-hydrogen) atoms. The van der Waals surface area contributed by atoms with E-state index < -0.39 is 5.97 Å². The second-order valence-electron chi connectivity index (χ2n) is 6.18. The molecule has 3 heterocycles. The van der Waals surface area contributed by atoms with Crippen molar-refractivity contribution in [3.63, 3.8) is 0 Å². The van der Waals surface area contributed by atoms with Crippen molar-refractivity contribution in [1.82, 2.24) is 15.2 Å². The maximum absolute atomic E-state index is 10.9. The van der Waals surface area contributed by atoms with E-state index in [1.165, 1.54) is 17.1 Å². The molecule has 2 N–H and O–H groups in total. The maximum Gasteiger partial charge on any atom is 0.356 e. The Morgan fingerprint density at radius 2 is 2.08 bits per heavy atom. The Hall–Kier alpha value is -2.89. The predicted octanol–water partition coefficient (Wildman–Crippen LogP) is 3.04. The maximum atomic E-state index is 10.9. The van der Waals surface area contributed by atoms with Gasteiger partial charge in [-0.3, -0.25) is 0 Å². The van der Waals surface area contributed by atoms with Gasteiger partial charge in [0.1, 0.15) is 0 Å². The first kappa shape index (κ1) is 14.7. The van der Waals surface area contributed by atoms with Gasteiger partial charge in [-0.05, 0) is 42.5 Å². The lowest BCUT2D eigenvalue weighted by Gasteiger charge is -2.32. The highest BCUT2D eigenvalue weighted by Gasteiger charge is 2.24. The van der Waals surface area contributed by atoms with Crippen LogP contribution >= 0.6 is 0 Å². The minimum atomic E-state index is -1.05. The van der Waals surface area contributed by atoms with E-state index in [1.54, 1.807) is 6.07 Å². The number of rotatable bonds is 3. The topological polar surface area (TPSA) is 82.1 Å². The molecule has 1 atom stereocenters.